The van der Waals surface area contributed by atoms with Crippen LogP contribution >= 0.6 is 23.2 Å². The van der Waals surface area contributed by atoms with E-state index in [4.69, 9.17) is 37.4 Å². The molecule has 11 heteroatoms. The van der Waals surface area contributed by atoms with Gasteiger partial charge in [-0.25, -0.2) is 14.0 Å². The van der Waals surface area contributed by atoms with Crippen molar-refractivity contribution in [2.75, 3.05) is 36.9 Å². The van der Waals surface area contributed by atoms with Gasteiger partial charge in [-0.3, -0.25) is 0 Å². The Bertz CT molecular complexity index is 1560. The first-order valence-corrected chi connectivity index (χ1v) is 15.3. The van der Waals surface area contributed by atoms with Crippen LogP contribution in [0.2, 0.25) is 10.0 Å². The Morgan fingerprint density at radius 2 is 1.70 bits per heavy atom. The third-order valence-electron chi connectivity index (χ3n) is 7.59. The molecule has 3 aromatic carbocycles. The Hall–Kier alpha value is -3.50. The molecule has 43 heavy (non-hydrogen) atoms. The minimum absolute atomic E-state index is 0.0657. The second-order valence-electron chi connectivity index (χ2n) is 10.5. The van der Waals surface area contributed by atoms with Gasteiger partial charge in [-0.15, -0.1) is 0 Å². The van der Waals surface area contributed by atoms with E-state index in [2.05, 4.69) is 15.7 Å². The van der Waals surface area contributed by atoms with Gasteiger partial charge in [0.2, 0.25) is 0 Å². The molecule has 1 fully saturated rings. The Morgan fingerprint density at radius 1 is 1.02 bits per heavy atom. The fraction of sp³-hybridized carbons (Fsp3) is 0.375. The third-order valence-corrected chi connectivity index (χ3v) is 8.14. The lowest BCUT2D eigenvalue weighted by Crippen LogP contribution is -2.29. The Morgan fingerprint density at radius 3 is 2.33 bits per heavy atom. The molecule has 0 spiro atoms. The van der Waals surface area contributed by atoms with Crippen LogP contribution in [0.4, 0.5) is 11.4 Å². The van der Waals surface area contributed by atoms with E-state index in [1.54, 1.807) is 23.0 Å². The van der Waals surface area contributed by atoms with E-state index in [-0.39, 0.29) is 17.8 Å². The number of hydrogen-bond acceptors (Lipinski definition) is 7. The average molecular weight is 627 g/mol. The molecule has 5 rings (SSSR count). The molecular formula is C32H37Cl2N5O4. The smallest absolute Gasteiger partial charge is 0.350 e. The summed E-state index contributed by atoms with van der Waals surface area (Å²) in [6.45, 7) is 8.24. The first-order chi connectivity index (χ1) is 20.8. The standard InChI is InChI=1S/C32H37Cl2N5O4/c1-4-22(3)39-31(40)38(21-37-39)26-11-7-24(8-12-26)35-16-17-36-25-9-13-27(14-10-25)41-19-28-20-42-32(5-2,43-28)29-15-6-23(33)18-30(29)34/h6-15,18,21-22,28,35-36H,4-5,16-17,19-20H2,1-3H3/t22?,28-,32-/m1/s1. The van der Waals surface area contributed by atoms with E-state index in [0.717, 1.165) is 47.9 Å². The lowest BCUT2D eigenvalue weighted by atomic mass is 10.0. The van der Waals surface area contributed by atoms with E-state index < -0.39 is 5.79 Å². The second-order valence-corrected chi connectivity index (χ2v) is 11.3. The molecule has 2 heterocycles. The Labute approximate surface area is 261 Å². The molecule has 1 aliphatic heterocycles. The summed E-state index contributed by atoms with van der Waals surface area (Å²) < 4.78 is 21.4. The van der Waals surface area contributed by atoms with E-state index in [1.807, 2.05) is 75.4 Å². The van der Waals surface area contributed by atoms with Crippen LogP contribution < -0.4 is 21.1 Å². The molecule has 4 aromatic rings. The summed E-state index contributed by atoms with van der Waals surface area (Å²) in [7, 11) is 0. The van der Waals surface area contributed by atoms with Gasteiger partial charge in [0.15, 0.2) is 5.79 Å². The zero-order valence-electron chi connectivity index (χ0n) is 24.6. The summed E-state index contributed by atoms with van der Waals surface area (Å²) in [6, 6.07) is 21.0. The summed E-state index contributed by atoms with van der Waals surface area (Å²) in [5.41, 5.74) is 3.39. The predicted molar refractivity (Wildman–Crippen MR) is 171 cm³/mol. The maximum Gasteiger partial charge on any atom is 0.350 e. The van der Waals surface area contributed by atoms with Crippen LogP contribution in [0.15, 0.2) is 77.9 Å². The molecule has 1 saturated heterocycles. The molecular weight excluding hydrogens is 589 g/mol. The van der Waals surface area contributed by atoms with Crippen molar-refractivity contribution in [1.82, 2.24) is 14.3 Å². The summed E-state index contributed by atoms with van der Waals surface area (Å²) in [5, 5.41) is 12.1. The highest BCUT2D eigenvalue weighted by atomic mass is 35.5. The largest absolute Gasteiger partial charge is 0.491 e. The van der Waals surface area contributed by atoms with Gasteiger partial charge in [-0.05, 0) is 74.0 Å². The van der Waals surface area contributed by atoms with Crippen molar-refractivity contribution in [3.05, 3.63) is 99.2 Å². The minimum atomic E-state index is -0.906. The topological polar surface area (TPSA) is 91.6 Å². The maximum atomic E-state index is 12.6. The lowest BCUT2D eigenvalue weighted by molar-refractivity contribution is -0.181. The van der Waals surface area contributed by atoms with Gasteiger partial charge in [-0.2, -0.15) is 5.10 Å². The number of rotatable bonds is 13. The van der Waals surface area contributed by atoms with E-state index in [9.17, 15) is 4.79 Å². The highest BCUT2D eigenvalue weighted by Gasteiger charge is 2.43. The first kappa shape index (κ1) is 30.9. The van der Waals surface area contributed by atoms with Crippen LogP contribution in [0.3, 0.4) is 0 Å². The van der Waals surface area contributed by atoms with Crippen LogP contribution in [0.25, 0.3) is 5.69 Å². The molecule has 1 aliphatic rings. The fourth-order valence-electron chi connectivity index (χ4n) is 4.94. The molecule has 1 unspecified atom stereocenters. The number of anilines is 2. The average Bonchev–Trinajstić information content (AvgIpc) is 3.63. The number of nitrogens with zero attached hydrogens (tertiary/aromatic N) is 3. The van der Waals surface area contributed by atoms with Crippen LogP contribution in [0, 0.1) is 0 Å². The Kier molecular flexibility index (Phi) is 9.97. The van der Waals surface area contributed by atoms with Gasteiger partial charge in [-0.1, -0.05) is 43.1 Å². The summed E-state index contributed by atoms with van der Waals surface area (Å²) in [5.74, 6) is -0.157. The highest BCUT2D eigenvalue weighted by Crippen LogP contribution is 2.41. The van der Waals surface area contributed by atoms with Gasteiger partial charge < -0.3 is 24.8 Å². The van der Waals surface area contributed by atoms with Crippen molar-refractivity contribution in [2.45, 2.75) is 51.5 Å². The van der Waals surface area contributed by atoms with Crippen LogP contribution in [-0.2, 0) is 15.3 Å². The van der Waals surface area contributed by atoms with Crippen LogP contribution in [-0.4, -0.2) is 46.8 Å². The van der Waals surface area contributed by atoms with Crippen molar-refractivity contribution >= 4 is 34.6 Å². The molecule has 228 valence electrons. The number of hydrogen-bond donors (Lipinski definition) is 2. The van der Waals surface area contributed by atoms with Gasteiger partial charge in [0.05, 0.1) is 23.4 Å². The third kappa shape index (κ3) is 7.18. The van der Waals surface area contributed by atoms with E-state index in [0.29, 0.717) is 29.7 Å². The molecule has 0 radical (unpaired) electrons. The van der Waals surface area contributed by atoms with Crippen LogP contribution in [0.1, 0.15) is 45.2 Å². The number of halogens is 2. The highest BCUT2D eigenvalue weighted by molar-refractivity contribution is 6.35. The molecule has 0 bridgehead atoms. The number of ether oxygens (including phenoxy) is 3. The van der Waals surface area contributed by atoms with Crippen LogP contribution in [0.5, 0.6) is 5.75 Å². The monoisotopic (exact) mass is 625 g/mol. The van der Waals surface area contributed by atoms with Gasteiger partial charge >= 0.3 is 5.69 Å². The van der Waals surface area contributed by atoms with Crippen molar-refractivity contribution in [1.29, 1.82) is 0 Å². The van der Waals surface area contributed by atoms with Gasteiger partial charge in [0, 0.05) is 41.5 Å². The molecule has 0 aliphatic carbocycles. The predicted octanol–water partition coefficient (Wildman–Crippen LogP) is 6.89. The minimum Gasteiger partial charge on any atom is -0.491 e. The lowest BCUT2D eigenvalue weighted by Gasteiger charge is -2.28. The van der Waals surface area contributed by atoms with E-state index >= 15 is 0 Å². The molecule has 9 nitrogen and oxygen atoms in total. The summed E-state index contributed by atoms with van der Waals surface area (Å²) >= 11 is 12.5. The van der Waals surface area contributed by atoms with Crippen molar-refractivity contribution < 1.29 is 14.2 Å². The first-order valence-electron chi connectivity index (χ1n) is 14.6. The summed E-state index contributed by atoms with van der Waals surface area (Å²) in [4.78, 5) is 12.6. The molecule has 2 N–H and O–H groups in total. The molecule has 1 aromatic heterocycles. The van der Waals surface area contributed by atoms with Gasteiger partial charge in [0.1, 0.15) is 24.8 Å². The van der Waals surface area contributed by atoms with Crippen molar-refractivity contribution in [2.24, 2.45) is 0 Å². The fourth-order valence-corrected chi connectivity index (χ4v) is 5.50. The number of aromatic nitrogens is 3. The molecule has 3 atom stereocenters. The Balaban J connectivity index is 1.05. The van der Waals surface area contributed by atoms with Crippen molar-refractivity contribution in [3.63, 3.8) is 0 Å². The zero-order chi connectivity index (χ0) is 30.4. The molecule has 0 saturated carbocycles. The number of benzene rings is 3. The SMILES string of the molecule is CCC(C)n1ncn(-c2ccc(NCCNc3ccc(OC[C@@H]4CO[C@@](CC)(c5ccc(Cl)cc5Cl)O4)cc3)cc2)c1=O. The van der Waals surface area contributed by atoms with Crippen molar-refractivity contribution in [3.8, 4) is 11.4 Å². The number of nitrogens with one attached hydrogen (secondary N) is 2. The second kappa shape index (κ2) is 13.9. The van der Waals surface area contributed by atoms with Gasteiger partial charge in [0.25, 0.3) is 0 Å². The summed E-state index contributed by atoms with van der Waals surface area (Å²) in [6.07, 6.45) is 2.80. The maximum absolute atomic E-state index is 12.6. The molecule has 0 amide bonds. The normalized spacial score (nSPS) is 18.9. The van der Waals surface area contributed by atoms with E-state index in [1.165, 1.54) is 4.68 Å². The zero-order valence-corrected chi connectivity index (χ0v) is 26.1. The quantitative estimate of drug-likeness (QED) is 0.156.